The van der Waals surface area contributed by atoms with E-state index in [1.807, 2.05) is 4.90 Å². The number of hydrogen-bond acceptors (Lipinski definition) is 5. The minimum absolute atomic E-state index is 0.0513. The minimum Gasteiger partial charge on any atom is -0.352 e. The van der Waals surface area contributed by atoms with Gasteiger partial charge in [-0.1, -0.05) is 0 Å². The van der Waals surface area contributed by atoms with Crippen LogP contribution in [0.25, 0.3) is 21.9 Å². The minimum atomic E-state index is -5.04. The summed E-state index contributed by atoms with van der Waals surface area (Å²) in [5.74, 6) is -3.33. The van der Waals surface area contributed by atoms with E-state index in [0.717, 1.165) is 0 Å². The third-order valence-corrected chi connectivity index (χ3v) is 4.29. The number of piperazine rings is 1. The Balaban J connectivity index is 2.08. The lowest BCUT2D eigenvalue weighted by molar-refractivity contribution is -0.140. The summed E-state index contributed by atoms with van der Waals surface area (Å²) in [6.45, 7) is 2.42. The lowest BCUT2D eigenvalue weighted by Crippen LogP contribution is -2.44. The molecule has 5 nitrogen and oxygen atoms in total. The first kappa shape index (κ1) is 16.8. The van der Waals surface area contributed by atoms with Gasteiger partial charge in [-0.05, 0) is 6.07 Å². The quantitative estimate of drug-likeness (QED) is 0.528. The van der Waals surface area contributed by atoms with Crippen LogP contribution in [0.3, 0.4) is 0 Å². The van der Waals surface area contributed by atoms with Crippen LogP contribution in [0.15, 0.2) is 18.5 Å². The van der Waals surface area contributed by atoms with Crippen molar-refractivity contribution < 1.29 is 22.0 Å². The predicted molar refractivity (Wildman–Crippen MR) is 84.8 cm³/mol. The van der Waals surface area contributed by atoms with E-state index in [0.29, 0.717) is 32.2 Å². The van der Waals surface area contributed by atoms with Crippen molar-refractivity contribution in [3.63, 3.8) is 0 Å². The number of nitrogens with zero attached hydrogens (tertiary/aromatic N) is 4. The zero-order chi connectivity index (χ0) is 18.5. The number of hydrogen-bond donors (Lipinski definition) is 1. The average Bonchev–Trinajstić information content (AvgIpc) is 2.63. The van der Waals surface area contributed by atoms with Gasteiger partial charge < -0.3 is 10.2 Å². The number of nitrogens with one attached hydrogen (secondary N) is 1. The Morgan fingerprint density at radius 1 is 0.923 bits per heavy atom. The molecule has 1 aliphatic rings. The Labute approximate surface area is 143 Å². The lowest BCUT2D eigenvalue weighted by Gasteiger charge is -2.29. The zero-order valence-electron chi connectivity index (χ0n) is 13.2. The van der Waals surface area contributed by atoms with Gasteiger partial charge in [0.05, 0.1) is 5.56 Å². The molecule has 1 aromatic carbocycles. The lowest BCUT2D eigenvalue weighted by atomic mass is 10.1. The number of benzene rings is 1. The molecule has 26 heavy (non-hydrogen) atoms. The molecule has 1 saturated heterocycles. The standard InChI is InChI=1S/C16H12F5N5/c17-10-9(16(19,20)21)7-8-12(11(10)18)25-15(26-5-3-22-4-6-26)14-13(8)23-1-2-24-14/h1-2,7,22H,3-6H2. The summed E-state index contributed by atoms with van der Waals surface area (Å²) in [6, 6.07) is 0.541. The van der Waals surface area contributed by atoms with Gasteiger partial charge in [-0.15, -0.1) is 0 Å². The molecule has 0 atom stereocenters. The van der Waals surface area contributed by atoms with E-state index in [1.54, 1.807) is 0 Å². The Morgan fingerprint density at radius 3 is 2.23 bits per heavy atom. The number of alkyl halides is 3. The fourth-order valence-electron chi connectivity index (χ4n) is 3.07. The van der Waals surface area contributed by atoms with Crippen LogP contribution in [-0.2, 0) is 6.18 Å². The van der Waals surface area contributed by atoms with Crippen LogP contribution >= 0.6 is 0 Å². The van der Waals surface area contributed by atoms with Crippen molar-refractivity contribution in [2.75, 3.05) is 31.1 Å². The van der Waals surface area contributed by atoms with Gasteiger partial charge in [0.1, 0.15) is 16.6 Å². The molecule has 0 spiro atoms. The second-order valence-electron chi connectivity index (χ2n) is 5.87. The van der Waals surface area contributed by atoms with Crippen molar-refractivity contribution >= 4 is 27.8 Å². The van der Waals surface area contributed by atoms with E-state index in [4.69, 9.17) is 0 Å². The average molecular weight is 369 g/mol. The van der Waals surface area contributed by atoms with E-state index in [-0.39, 0.29) is 22.2 Å². The highest BCUT2D eigenvalue weighted by Gasteiger charge is 2.37. The van der Waals surface area contributed by atoms with Crippen molar-refractivity contribution in [3.05, 3.63) is 35.7 Å². The number of anilines is 1. The SMILES string of the molecule is Fc1c(C(F)(F)F)cc2c(nc(N3CCNCC3)c3nccnc32)c1F. The van der Waals surface area contributed by atoms with E-state index in [2.05, 4.69) is 20.3 Å². The summed E-state index contributed by atoms with van der Waals surface area (Å²) in [7, 11) is 0. The molecule has 1 N–H and O–H groups in total. The Morgan fingerprint density at radius 2 is 1.58 bits per heavy atom. The molecule has 0 radical (unpaired) electrons. The monoisotopic (exact) mass is 369 g/mol. The molecular weight excluding hydrogens is 357 g/mol. The summed E-state index contributed by atoms with van der Waals surface area (Å²) >= 11 is 0. The Kier molecular flexibility index (Phi) is 3.87. The van der Waals surface area contributed by atoms with Crippen molar-refractivity contribution in [2.45, 2.75) is 6.18 Å². The zero-order valence-corrected chi connectivity index (χ0v) is 13.2. The number of halogens is 5. The van der Waals surface area contributed by atoms with Crippen molar-refractivity contribution in [1.82, 2.24) is 20.3 Å². The highest BCUT2D eigenvalue weighted by atomic mass is 19.4. The number of fused-ring (bicyclic) bond motifs is 3. The first-order valence-corrected chi connectivity index (χ1v) is 7.83. The molecule has 3 heterocycles. The highest BCUT2D eigenvalue weighted by molar-refractivity contribution is 6.06. The van der Waals surface area contributed by atoms with Gasteiger partial charge >= 0.3 is 6.18 Å². The van der Waals surface area contributed by atoms with Crippen LogP contribution in [0.2, 0.25) is 0 Å². The highest BCUT2D eigenvalue weighted by Crippen LogP contribution is 2.38. The van der Waals surface area contributed by atoms with Crippen LogP contribution in [0, 0.1) is 11.6 Å². The van der Waals surface area contributed by atoms with Crippen molar-refractivity contribution in [1.29, 1.82) is 0 Å². The molecule has 0 aliphatic carbocycles. The summed E-state index contributed by atoms with van der Waals surface area (Å²) in [4.78, 5) is 14.2. The smallest absolute Gasteiger partial charge is 0.352 e. The molecular formula is C16H12F5N5. The summed E-state index contributed by atoms with van der Waals surface area (Å²) < 4.78 is 67.6. The molecule has 0 bridgehead atoms. The van der Waals surface area contributed by atoms with E-state index in [9.17, 15) is 22.0 Å². The van der Waals surface area contributed by atoms with Crippen molar-refractivity contribution in [2.24, 2.45) is 0 Å². The molecule has 3 aromatic rings. The number of aromatic nitrogens is 3. The molecule has 0 amide bonds. The second-order valence-corrected chi connectivity index (χ2v) is 5.87. The third-order valence-electron chi connectivity index (χ3n) is 4.29. The van der Waals surface area contributed by atoms with Crippen LogP contribution in [0.4, 0.5) is 27.8 Å². The molecule has 136 valence electrons. The fraction of sp³-hybridized carbons (Fsp3) is 0.312. The molecule has 2 aromatic heterocycles. The van der Waals surface area contributed by atoms with Crippen LogP contribution in [0.1, 0.15) is 5.56 Å². The van der Waals surface area contributed by atoms with Gasteiger partial charge in [0.2, 0.25) is 0 Å². The van der Waals surface area contributed by atoms with Gasteiger partial charge in [0.25, 0.3) is 0 Å². The molecule has 1 fully saturated rings. The van der Waals surface area contributed by atoms with Gasteiger partial charge in [-0.2, -0.15) is 13.2 Å². The first-order chi connectivity index (χ1) is 12.4. The Hall–Kier alpha value is -2.62. The molecule has 1 aliphatic heterocycles. The second kappa shape index (κ2) is 5.97. The van der Waals surface area contributed by atoms with E-state index in [1.165, 1.54) is 12.4 Å². The maximum Gasteiger partial charge on any atom is 0.419 e. The van der Waals surface area contributed by atoms with Crippen LogP contribution < -0.4 is 10.2 Å². The van der Waals surface area contributed by atoms with Crippen LogP contribution in [-0.4, -0.2) is 41.1 Å². The van der Waals surface area contributed by atoms with Gasteiger partial charge in [-0.3, -0.25) is 4.98 Å². The van der Waals surface area contributed by atoms with Crippen LogP contribution in [0.5, 0.6) is 0 Å². The van der Waals surface area contributed by atoms with E-state index < -0.39 is 28.9 Å². The predicted octanol–water partition coefficient (Wildman–Crippen LogP) is 2.88. The molecule has 4 rings (SSSR count). The summed E-state index contributed by atoms with van der Waals surface area (Å²) in [5.41, 5.74) is -1.88. The number of pyridine rings is 1. The summed E-state index contributed by atoms with van der Waals surface area (Å²) in [6.07, 6.45) is -2.37. The topological polar surface area (TPSA) is 53.9 Å². The van der Waals surface area contributed by atoms with Crippen molar-refractivity contribution in [3.8, 4) is 0 Å². The first-order valence-electron chi connectivity index (χ1n) is 7.83. The maximum atomic E-state index is 14.4. The third kappa shape index (κ3) is 2.61. The number of rotatable bonds is 1. The van der Waals surface area contributed by atoms with Gasteiger partial charge in [0, 0.05) is 44.0 Å². The van der Waals surface area contributed by atoms with Gasteiger partial charge in [-0.25, -0.2) is 18.7 Å². The molecule has 0 unspecified atom stereocenters. The molecule has 0 saturated carbocycles. The maximum absolute atomic E-state index is 14.4. The van der Waals surface area contributed by atoms with E-state index >= 15 is 0 Å². The fourth-order valence-corrected chi connectivity index (χ4v) is 3.07. The normalized spacial score (nSPS) is 15.8. The largest absolute Gasteiger partial charge is 0.419 e. The molecule has 10 heteroatoms. The van der Waals surface area contributed by atoms with Gasteiger partial charge in [0.15, 0.2) is 17.5 Å². The Bertz CT molecular complexity index is 998. The summed E-state index contributed by atoms with van der Waals surface area (Å²) in [5, 5.41) is 2.93.